The lowest BCUT2D eigenvalue weighted by Crippen LogP contribution is -2.15. The monoisotopic (exact) mass is 441 g/mol. The molecular formula is C23H30Cl2FNO2. The molecule has 0 heterocycles. The maximum atomic E-state index is 13.2. The minimum absolute atomic E-state index is 0.199. The van der Waals surface area contributed by atoms with Crippen molar-refractivity contribution in [2.75, 3.05) is 13.2 Å². The van der Waals surface area contributed by atoms with Crippen LogP contribution in [0.5, 0.6) is 11.5 Å². The van der Waals surface area contributed by atoms with E-state index >= 15 is 0 Å². The van der Waals surface area contributed by atoms with E-state index in [2.05, 4.69) is 12.2 Å². The number of nitrogens with one attached hydrogen (secondary N) is 1. The van der Waals surface area contributed by atoms with Gasteiger partial charge in [-0.15, -0.1) is 0 Å². The molecule has 0 unspecified atom stereocenters. The summed E-state index contributed by atoms with van der Waals surface area (Å²) in [4.78, 5) is 0. The maximum Gasteiger partial charge on any atom is 0.163 e. The molecule has 2 aromatic carbocycles. The summed E-state index contributed by atoms with van der Waals surface area (Å²) >= 11 is 12.5. The first-order valence-corrected chi connectivity index (χ1v) is 11.0. The summed E-state index contributed by atoms with van der Waals surface area (Å²) in [5.41, 5.74) is 1.66. The minimum Gasteiger partial charge on any atom is -0.490 e. The van der Waals surface area contributed by atoms with E-state index in [0.717, 1.165) is 18.5 Å². The summed E-state index contributed by atoms with van der Waals surface area (Å²) < 4.78 is 24.8. The molecule has 0 atom stereocenters. The van der Waals surface area contributed by atoms with Gasteiger partial charge in [-0.1, -0.05) is 61.9 Å². The third-order valence-corrected chi connectivity index (χ3v) is 5.29. The average Bonchev–Trinajstić information content (AvgIpc) is 2.69. The van der Waals surface area contributed by atoms with E-state index in [0.29, 0.717) is 40.3 Å². The fourth-order valence-corrected chi connectivity index (χ4v) is 3.41. The molecule has 2 rings (SSSR count). The first kappa shape index (κ1) is 23.8. The molecule has 0 aliphatic rings. The SMILES string of the molecule is CCCCCCCNCc1cc(OCC)c(OCc2ccc(F)cc2Cl)cc1Cl. The van der Waals surface area contributed by atoms with Gasteiger partial charge in [0.25, 0.3) is 0 Å². The molecule has 0 spiro atoms. The lowest BCUT2D eigenvalue weighted by atomic mass is 10.1. The first-order chi connectivity index (χ1) is 14.0. The summed E-state index contributed by atoms with van der Waals surface area (Å²) in [5, 5.41) is 4.39. The topological polar surface area (TPSA) is 30.5 Å². The summed E-state index contributed by atoms with van der Waals surface area (Å²) in [6.45, 7) is 6.49. The van der Waals surface area contributed by atoms with Gasteiger partial charge in [0.05, 0.1) is 11.6 Å². The van der Waals surface area contributed by atoms with Gasteiger partial charge in [0.15, 0.2) is 11.5 Å². The Hall–Kier alpha value is -1.49. The van der Waals surface area contributed by atoms with Crippen LogP contribution in [0.25, 0.3) is 0 Å². The Kier molecular flexibility index (Phi) is 10.6. The smallest absolute Gasteiger partial charge is 0.163 e. The quantitative estimate of drug-likeness (QED) is 0.334. The standard InChI is InChI=1S/C23H30Cl2FNO2/c1-3-5-6-7-8-11-27-15-18-12-22(28-4-2)23(14-21(18)25)29-16-17-9-10-19(26)13-20(17)24/h9-10,12-14,27H,3-8,11,15-16H2,1-2H3. The van der Waals surface area contributed by atoms with Gasteiger partial charge in [0.1, 0.15) is 12.4 Å². The number of hydrogen-bond acceptors (Lipinski definition) is 3. The average molecular weight is 442 g/mol. The van der Waals surface area contributed by atoms with Crippen molar-refractivity contribution in [2.45, 2.75) is 59.1 Å². The van der Waals surface area contributed by atoms with Crippen LogP contribution < -0.4 is 14.8 Å². The Morgan fingerprint density at radius 1 is 0.862 bits per heavy atom. The van der Waals surface area contributed by atoms with Crippen LogP contribution >= 0.6 is 23.2 Å². The summed E-state index contributed by atoms with van der Waals surface area (Å²) in [6.07, 6.45) is 6.25. The normalized spacial score (nSPS) is 10.9. The summed E-state index contributed by atoms with van der Waals surface area (Å²) in [6, 6.07) is 7.92. The van der Waals surface area contributed by atoms with E-state index in [-0.39, 0.29) is 12.4 Å². The molecule has 0 saturated heterocycles. The number of ether oxygens (including phenoxy) is 2. The van der Waals surface area contributed by atoms with E-state index in [1.165, 1.54) is 37.8 Å². The van der Waals surface area contributed by atoms with Crippen molar-refractivity contribution in [2.24, 2.45) is 0 Å². The van der Waals surface area contributed by atoms with Gasteiger partial charge in [-0.3, -0.25) is 0 Å². The number of hydrogen-bond donors (Lipinski definition) is 1. The van der Waals surface area contributed by atoms with Gasteiger partial charge in [-0.05, 0) is 43.7 Å². The first-order valence-electron chi connectivity index (χ1n) is 10.3. The van der Waals surface area contributed by atoms with Gasteiger partial charge < -0.3 is 14.8 Å². The lowest BCUT2D eigenvalue weighted by Gasteiger charge is -2.16. The zero-order valence-corrected chi connectivity index (χ0v) is 18.7. The highest BCUT2D eigenvalue weighted by molar-refractivity contribution is 6.31. The van der Waals surface area contributed by atoms with Crippen molar-refractivity contribution in [3.63, 3.8) is 0 Å². The van der Waals surface area contributed by atoms with Gasteiger partial charge >= 0.3 is 0 Å². The fourth-order valence-electron chi connectivity index (χ4n) is 2.96. The van der Waals surface area contributed by atoms with Crippen LogP contribution in [0.4, 0.5) is 4.39 Å². The molecule has 0 saturated carbocycles. The highest BCUT2D eigenvalue weighted by atomic mass is 35.5. The van der Waals surface area contributed by atoms with Crippen molar-refractivity contribution >= 4 is 23.2 Å². The molecule has 0 aliphatic carbocycles. The zero-order valence-electron chi connectivity index (χ0n) is 17.2. The number of halogens is 3. The van der Waals surface area contributed by atoms with E-state index in [1.54, 1.807) is 12.1 Å². The van der Waals surface area contributed by atoms with Crippen LogP contribution in [0.1, 0.15) is 57.1 Å². The Morgan fingerprint density at radius 3 is 2.31 bits per heavy atom. The fraction of sp³-hybridized carbons (Fsp3) is 0.478. The van der Waals surface area contributed by atoms with Crippen LogP contribution in [0.15, 0.2) is 30.3 Å². The second-order valence-electron chi connectivity index (χ2n) is 6.94. The van der Waals surface area contributed by atoms with Crippen molar-refractivity contribution in [3.05, 3.63) is 57.3 Å². The number of benzene rings is 2. The largest absolute Gasteiger partial charge is 0.490 e. The zero-order chi connectivity index (χ0) is 21.1. The minimum atomic E-state index is -0.376. The van der Waals surface area contributed by atoms with Crippen LogP contribution in [-0.2, 0) is 13.2 Å². The van der Waals surface area contributed by atoms with Crippen molar-refractivity contribution in [1.82, 2.24) is 5.32 Å². The maximum absolute atomic E-state index is 13.2. The summed E-state index contributed by atoms with van der Waals surface area (Å²) in [7, 11) is 0. The second kappa shape index (κ2) is 12.9. The van der Waals surface area contributed by atoms with Gasteiger partial charge in [0, 0.05) is 23.2 Å². The molecule has 160 valence electrons. The molecule has 3 nitrogen and oxygen atoms in total. The Bertz CT molecular complexity index is 771. The predicted molar refractivity (Wildman–Crippen MR) is 119 cm³/mol. The molecule has 0 aliphatic heterocycles. The Morgan fingerprint density at radius 2 is 1.59 bits per heavy atom. The third-order valence-electron chi connectivity index (χ3n) is 4.58. The van der Waals surface area contributed by atoms with Crippen LogP contribution in [-0.4, -0.2) is 13.2 Å². The van der Waals surface area contributed by atoms with Crippen LogP contribution in [0, 0.1) is 5.82 Å². The van der Waals surface area contributed by atoms with Gasteiger partial charge in [-0.2, -0.15) is 0 Å². The molecule has 0 fully saturated rings. The van der Waals surface area contributed by atoms with Crippen LogP contribution in [0.2, 0.25) is 10.0 Å². The van der Waals surface area contributed by atoms with Gasteiger partial charge in [-0.25, -0.2) is 4.39 Å². The molecule has 29 heavy (non-hydrogen) atoms. The van der Waals surface area contributed by atoms with Crippen LogP contribution in [0.3, 0.4) is 0 Å². The predicted octanol–water partition coefficient (Wildman–Crippen LogP) is 7.17. The Balaban J connectivity index is 1.97. The second-order valence-corrected chi connectivity index (χ2v) is 7.75. The number of unbranched alkanes of at least 4 members (excludes halogenated alkanes) is 4. The molecule has 2 aromatic rings. The van der Waals surface area contributed by atoms with E-state index < -0.39 is 0 Å². The molecule has 0 radical (unpaired) electrons. The van der Waals surface area contributed by atoms with E-state index in [9.17, 15) is 4.39 Å². The van der Waals surface area contributed by atoms with Crippen molar-refractivity contribution in [1.29, 1.82) is 0 Å². The van der Waals surface area contributed by atoms with Crippen molar-refractivity contribution < 1.29 is 13.9 Å². The molecular weight excluding hydrogens is 412 g/mol. The molecule has 0 aromatic heterocycles. The van der Waals surface area contributed by atoms with Gasteiger partial charge in [0.2, 0.25) is 0 Å². The molecule has 0 bridgehead atoms. The number of rotatable bonds is 13. The summed E-state index contributed by atoms with van der Waals surface area (Å²) in [5.74, 6) is 0.800. The third kappa shape index (κ3) is 8.04. The Labute approximate surface area is 183 Å². The van der Waals surface area contributed by atoms with E-state index in [1.807, 2.05) is 13.0 Å². The highest BCUT2D eigenvalue weighted by Crippen LogP contribution is 2.34. The molecule has 1 N–H and O–H groups in total. The lowest BCUT2D eigenvalue weighted by molar-refractivity contribution is 0.269. The molecule has 6 heteroatoms. The molecule has 0 amide bonds. The van der Waals surface area contributed by atoms with Crippen molar-refractivity contribution in [3.8, 4) is 11.5 Å². The highest BCUT2D eigenvalue weighted by Gasteiger charge is 2.12. The van der Waals surface area contributed by atoms with E-state index in [4.69, 9.17) is 32.7 Å².